The first-order chi connectivity index (χ1) is 12.5. The predicted molar refractivity (Wildman–Crippen MR) is 102 cm³/mol. The van der Waals surface area contributed by atoms with Crippen LogP contribution in [-0.2, 0) is 4.79 Å². The third-order valence-electron chi connectivity index (χ3n) is 4.01. The molecular weight excluding hydrogens is 377 g/mol. The Morgan fingerprint density at radius 3 is 2.54 bits per heavy atom. The molecule has 0 bridgehead atoms. The number of carbonyl (C=O) groups excluding carboxylic acids is 2. The molecular formula is C18H17Cl2N3O3. The fraction of sp³-hybridized carbons (Fsp3) is 0.222. The Labute approximate surface area is 161 Å². The first-order valence-corrected chi connectivity index (χ1v) is 8.69. The minimum atomic E-state index is -0.429. The Bertz CT molecular complexity index is 827. The second-order valence-corrected chi connectivity index (χ2v) is 6.70. The summed E-state index contributed by atoms with van der Waals surface area (Å²) in [6.07, 6.45) is 0.225. The molecule has 1 heterocycles. The lowest BCUT2D eigenvalue weighted by molar-refractivity contribution is -0.117. The van der Waals surface area contributed by atoms with Crippen molar-refractivity contribution in [2.24, 2.45) is 0 Å². The topological polar surface area (TPSA) is 70.7 Å². The standard InChI is InChI=1S/C18H17Cl2N3O3/c1-26-16-7-4-12(20)8-15(16)22-18(25)21-13-9-17(24)23(10-13)14-5-2-11(19)3-6-14/h2-8,13H,9-10H2,1H3,(H2,21,22,25). The van der Waals surface area contributed by atoms with Gasteiger partial charge in [0.15, 0.2) is 0 Å². The van der Waals surface area contributed by atoms with Crippen LogP contribution in [0.3, 0.4) is 0 Å². The number of hydrogen-bond acceptors (Lipinski definition) is 3. The predicted octanol–water partition coefficient (Wildman–Crippen LogP) is 3.93. The normalized spacial score (nSPS) is 16.5. The molecule has 1 fully saturated rings. The number of nitrogens with zero attached hydrogens (tertiary/aromatic N) is 1. The highest BCUT2D eigenvalue weighted by atomic mass is 35.5. The largest absolute Gasteiger partial charge is 0.495 e. The van der Waals surface area contributed by atoms with E-state index in [2.05, 4.69) is 10.6 Å². The van der Waals surface area contributed by atoms with Crippen molar-refractivity contribution < 1.29 is 14.3 Å². The molecule has 1 unspecified atom stereocenters. The summed E-state index contributed by atoms with van der Waals surface area (Å²) in [6.45, 7) is 0.389. The molecule has 1 aliphatic rings. The summed E-state index contributed by atoms with van der Waals surface area (Å²) >= 11 is 11.8. The molecule has 0 radical (unpaired) electrons. The van der Waals surface area contributed by atoms with Crippen LogP contribution < -0.4 is 20.3 Å². The number of anilines is 2. The van der Waals surface area contributed by atoms with Crippen molar-refractivity contribution in [1.82, 2.24) is 5.32 Å². The van der Waals surface area contributed by atoms with Crippen LogP contribution in [0, 0.1) is 0 Å². The smallest absolute Gasteiger partial charge is 0.319 e. The third kappa shape index (κ3) is 4.20. The Morgan fingerprint density at radius 1 is 1.15 bits per heavy atom. The van der Waals surface area contributed by atoms with Crippen LogP contribution in [0.25, 0.3) is 0 Å². The zero-order valence-electron chi connectivity index (χ0n) is 14.0. The molecule has 1 aliphatic heterocycles. The van der Waals surface area contributed by atoms with Crippen molar-refractivity contribution in [2.75, 3.05) is 23.9 Å². The molecule has 1 saturated heterocycles. The van der Waals surface area contributed by atoms with Crippen molar-refractivity contribution in [3.63, 3.8) is 0 Å². The van der Waals surface area contributed by atoms with Crippen molar-refractivity contribution in [1.29, 1.82) is 0 Å². The highest BCUT2D eigenvalue weighted by Gasteiger charge is 2.31. The van der Waals surface area contributed by atoms with Crippen molar-refractivity contribution in [3.05, 3.63) is 52.5 Å². The van der Waals surface area contributed by atoms with Crippen molar-refractivity contribution in [3.8, 4) is 5.75 Å². The van der Waals surface area contributed by atoms with Crippen LogP contribution in [0.1, 0.15) is 6.42 Å². The van der Waals surface area contributed by atoms with Gasteiger partial charge in [0, 0.05) is 28.7 Å². The molecule has 2 aromatic rings. The molecule has 3 rings (SSSR count). The number of halogens is 2. The van der Waals surface area contributed by atoms with Crippen LogP contribution in [0.5, 0.6) is 5.75 Å². The zero-order valence-corrected chi connectivity index (χ0v) is 15.5. The molecule has 6 nitrogen and oxygen atoms in total. The fourth-order valence-electron chi connectivity index (χ4n) is 2.80. The molecule has 3 amide bonds. The lowest BCUT2D eigenvalue weighted by atomic mass is 10.2. The fourth-order valence-corrected chi connectivity index (χ4v) is 3.09. The minimum Gasteiger partial charge on any atom is -0.495 e. The van der Waals surface area contributed by atoms with Gasteiger partial charge in [-0.3, -0.25) is 4.79 Å². The van der Waals surface area contributed by atoms with Crippen LogP contribution in [0.15, 0.2) is 42.5 Å². The average molecular weight is 394 g/mol. The highest BCUT2D eigenvalue weighted by Crippen LogP contribution is 2.28. The van der Waals surface area contributed by atoms with Gasteiger partial charge in [0.1, 0.15) is 5.75 Å². The summed E-state index contributed by atoms with van der Waals surface area (Å²) in [5.41, 5.74) is 1.21. The SMILES string of the molecule is COc1ccc(Cl)cc1NC(=O)NC1CC(=O)N(c2ccc(Cl)cc2)C1. The Kier molecular flexibility index (Phi) is 5.54. The van der Waals surface area contributed by atoms with Gasteiger partial charge in [0.2, 0.25) is 5.91 Å². The Morgan fingerprint density at radius 2 is 1.85 bits per heavy atom. The Balaban J connectivity index is 1.63. The quantitative estimate of drug-likeness (QED) is 0.826. The van der Waals surface area contributed by atoms with Gasteiger partial charge in [-0.25, -0.2) is 4.79 Å². The van der Waals surface area contributed by atoms with Crippen molar-refractivity contribution >= 4 is 46.5 Å². The van der Waals surface area contributed by atoms with Gasteiger partial charge in [-0.1, -0.05) is 23.2 Å². The van der Waals surface area contributed by atoms with Crippen LogP contribution in [0.4, 0.5) is 16.2 Å². The van der Waals surface area contributed by atoms with E-state index in [4.69, 9.17) is 27.9 Å². The maximum atomic E-state index is 12.3. The monoisotopic (exact) mass is 393 g/mol. The molecule has 8 heteroatoms. The highest BCUT2D eigenvalue weighted by molar-refractivity contribution is 6.31. The van der Waals surface area contributed by atoms with Crippen LogP contribution in [0.2, 0.25) is 10.0 Å². The number of benzene rings is 2. The van der Waals surface area contributed by atoms with E-state index in [0.29, 0.717) is 28.0 Å². The van der Waals surface area contributed by atoms with E-state index < -0.39 is 6.03 Å². The molecule has 0 aromatic heterocycles. The summed E-state index contributed by atoms with van der Waals surface area (Å²) < 4.78 is 5.20. The van der Waals surface area contributed by atoms with Crippen molar-refractivity contribution in [2.45, 2.75) is 12.5 Å². The number of methoxy groups -OCH3 is 1. The van der Waals surface area contributed by atoms with Gasteiger partial charge < -0.3 is 20.3 Å². The van der Waals surface area contributed by atoms with Crippen LogP contribution >= 0.6 is 23.2 Å². The molecule has 2 aromatic carbocycles. The molecule has 26 heavy (non-hydrogen) atoms. The van der Waals surface area contributed by atoms with E-state index in [0.717, 1.165) is 5.69 Å². The minimum absolute atomic E-state index is 0.0574. The van der Waals surface area contributed by atoms with E-state index >= 15 is 0 Å². The first kappa shape index (κ1) is 18.4. The number of nitrogens with one attached hydrogen (secondary N) is 2. The van der Waals surface area contributed by atoms with Crippen LogP contribution in [-0.4, -0.2) is 31.6 Å². The second-order valence-electron chi connectivity index (χ2n) is 5.82. The third-order valence-corrected chi connectivity index (χ3v) is 4.50. The number of amides is 3. The number of ether oxygens (including phenoxy) is 1. The number of hydrogen-bond donors (Lipinski definition) is 2. The lowest BCUT2D eigenvalue weighted by Crippen LogP contribution is -2.39. The van der Waals surface area contributed by atoms with Gasteiger partial charge in [-0.05, 0) is 42.5 Å². The maximum absolute atomic E-state index is 12.3. The average Bonchev–Trinajstić information content (AvgIpc) is 2.96. The van der Waals surface area contributed by atoms with E-state index in [-0.39, 0.29) is 18.4 Å². The summed E-state index contributed by atoms with van der Waals surface area (Å²) in [5.74, 6) is 0.438. The van der Waals surface area contributed by atoms with E-state index in [1.54, 1.807) is 47.4 Å². The number of urea groups is 1. The van der Waals surface area contributed by atoms with Gasteiger partial charge in [0.25, 0.3) is 0 Å². The molecule has 136 valence electrons. The molecule has 0 spiro atoms. The van der Waals surface area contributed by atoms with Gasteiger partial charge in [-0.2, -0.15) is 0 Å². The Hall–Kier alpha value is -2.44. The summed E-state index contributed by atoms with van der Waals surface area (Å²) in [5, 5.41) is 6.58. The second kappa shape index (κ2) is 7.85. The molecule has 1 atom stereocenters. The van der Waals surface area contributed by atoms with Gasteiger partial charge in [0.05, 0.1) is 18.8 Å². The first-order valence-electron chi connectivity index (χ1n) is 7.93. The lowest BCUT2D eigenvalue weighted by Gasteiger charge is -2.18. The summed E-state index contributed by atoms with van der Waals surface area (Å²) in [6, 6.07) is 11.2. The maximum Gasteiger partial charge on any atom is 0.319 e. The number of rotatable bonds is 4. The zero-order chi connectivity index (χ0) is 18.7. The number of carbonyl (C=O) groups is 2. The van der Waals surface area contributed by atoms with E-state index in [1.165, 1.54) is 7.11 Å². The van der Waals surface area contributed by atoms with Gasteiger partial charge in [-0.15, -0.1) is 0 Å². The summed E-state index contributed by atoms with van der Waals surface area (Å²) in [4.78, 5) is 26.1. The molecule has 0 aliphatic carbocycles. The molecule has 0 saturated carbocycles. The van der Waals surface area contributed by atoms with Gasteiger partial charge >= 0.3 is 6.03 Å². The summed E-state index contributed by atoms with van der Waals surface area (Å²) in [7, 11) is 1.51. The van der Waals surface area contributed by atoms with E-state index in [1.807, 2.05) is 0 Å². The molecule has 2 N–H and O–H groups in total. The van der Waals surface area contributed by atoms with E-state index in [9.17, 15) is 9.59 Å².